The van der Waals surface area contributed by atoms with Gasteiger partial charge in [0.2, 0.25) is 0 Å². The normalized spacial score (nSPS) is 10.6. The molecular formula is C11H7BrCl3NO. The molecule has 0 spiro atoms. The van der Waals surface area contributed by atoms with E-state index in [1.165, 1.54) is 0 Å². The van der Waals surface area contributed by atoms with Gasteiger partial charge in [-0.15, -0.1) is 0 Å². The highest BCUT2D eigenvalue weighted by Gasteiger charge is 2.08. The summed E-state index contributed by atoms with van der Waals surface area (Å²) in [5, 5.41) is 4.57. The summed E-state index contributed by atoms with van der Waals surface area (Å²) in [5.74, 6) is 0.777. The van der Waals surface area contributed by atoms with Crippen molar-refractivity contribution in [2.75, 3.05) is 5.32 Å². The van der Waals surface area contributed by atoms with E-state index in [1.54, 1.807) is 12.1 Å². The highest BCUT2D eigenvalue weighted by atomic mass is 79.9. The summed E-state index contributed by atoms with van der Waals surface area (Å²) in [4.78, 5) is 0. The van der Waals surface area contributed by atoms with Crippen molar-refractivity contribution in [3.05, 3.63) is 49.8 Å². The molecule has 0 amide bonds. The molecule has 1 N–H and O–H groups in total. The van der Waals surface area contributed by atoms with E-state index < -0.39 is 0 Å². The molecule has 2 rings (SSSR count). The molecular weight excluding hydrogens is 348 g/mol. The smallest absolute Gasteiger partial charge is 0.169 e. The van der Waals surface area contributed by atoms with Crippen molar-refractivity contribution in [3.8, 4) is 0 Å². The number of hydrogen-bond donors (Lipinski definition) is 1. The Morgan fingerprint density at radius 1 is 1.12 bits per heavy atom. The quantitative estimate of drug-likeness (QED) is 0.774. The van der Waals surface area contributed by atoms with E-state index in [-0.39, 0.29) is 0 Å². The third kappa shape index (κ3) is 3.32. The Kier molecular flexibility index (Phi) is 4.26. The third-order valence-corrected chi connectivity index (χ3v) is 3.32. The van der Waals surface area contributed by atoms with Crippen LogP contribution in [0.2, 0.25) is 15.1 Å². The summed E-state index contributed by atoms with van der Waals surface area (Å²) >= 11 is 21.1. The third-order valence-electron chi connectivity index (χ3n) is 2.08. The van der Waals surface area contributed by atoms with E-state index in [4.69, 9.17) is 39.2 Å². The van der Waals surface area contributed by atoms with E-state index in [1.807, 2.05) is 12.1 Å². The molecule has 90 valence electrons. The molecule has 2 nitrogen and oxygen atoms in total. The summed E-state index contributed by atoms with van der Waals surface area (Å²) in [5.41, 5.74) is 0.644. The Labute approximate surface area is 122 Å². The predicted molar refractivity (Wildman–Crippen MR) is 75.2 cm³/mol. The van der Waals surface area contributed by atoms with Crippen LogP contribution in [0.25, 0.3) is 0 Å². The van der Waals surface area contributed by atoms with Gasteiger partial charge in [0.1, 0.15) is 5.76 Å². The second kappa shape index (κ2) is 5.53. The number of anilines is 1. The van der Waals surface area contributed by atoms with Crippen molar-refractivity contribution in [3.63, 3.8) is 0 Å². The van der Waals surface area contributed by atoms with Gasteiger partial charge in [-0.1, -0.05) is 34.8 Å². The summed E-state index contributed by atoms with van der Waals surface area (Å²) in [6.45, 7) is 0.493. The van der Waals surface area contributed by atoms with Gasteiger partial charge in [-0.25, -0.2) is 0 Å². The van der Waals surface area contributed by atoms with Crippen molar-refractivity contribution < 1.29 is 4.42 Å². The number of rotatable bonds is 3. The lowest BCUT2D eigenvalue weighted by atomic mass is 10.3. The second-order valence-electron chi connectivity index (χ2n) is 3.30. The average molecular weight is 355 g/mol. The lowest BCUT2D eigenvalue weighted by Crippen LogP contribution is -1.99. The van der Waals surface area contributed by atoms with Crippen molar-refractivity contribution in [2.45, 2.75) is 6.54 Å². The number of benzene rings is 1. The number of halogens is 4. The van der Waals surface area contributed by atoms with E-state index >= 15 is 0 Å². The average Bonchev–Trinajstić information content (AvgIpc) is 2.62. The van der Waals surface area contributed by atoms with Crippen LogP contribution in [0.5, 0.6) is 0 Å². The maximum atomic E-state index is 6.03. The fourth-order valence-electron chi connectivity index (χ4n) is 1.33. The van der Waals surface area contributed by atoms with Crippen LogP contribution in [0, 0.1) is 0 Å². The Morgan fingerprint density at radius 2 is 1.76 bits per heavy atom. The highest BCUT2D eigenvalue weighted by Crippen LogP contribution is 2.34. The second-order valence-corrected chi connectivity index (χ2v) is 5.34. The standard InChI is InChI=1S/C11H7BrCl3NO/c12-10-2-1-7(17-10)5-16-11-8(14)3-6(13)4-9(11)15/h1-4,16H,5H2. The van der Waals surface area contributed by atoms with E-state index in [0.29, 0.717) is 32.0 Å². The van der Waals surface area contributed by atoms with Gasteiger partial charge in [-0.05, 0) is 40.2 Å². The fourth-order valence-corrected chi connectivity index (χ4v) is 2.62. The van der Waals surface area contributed by atoms with Crippen molar-refractivity contribution in [1.82, 2.24) is 0 Å². The predicted octanol–water partition coefficient (Wildman–Crippen LogP) is 5.61. The lowest BCUT2D eigenvalue weighted by Gasteiger charge is -2.09. The molecule has 0 aliphatic heterocycles. The van der Waals surface area contributed by atoms with Gasteiger partial charge >= 0.3 is 0 Å². The summed E-state index contributed by atoms with van der Waals surface area (Å²) < 4.78 is 6.03. The Morgan fingerprint density at radius 3 is 2.29 bits per heavy atom. The minimum Gasteiger partial charge on any atom is -0.452 e. The van der Waals surface area contributed by atoms with Gasteiger partial charge in [-0.2, -0.15) is 0 Å². The molecule has 0 unspecified atom stereocenters. The molecule has 2 aromatic rings. The monoisotopic (exact) mass is 353 g/mol. The van der Waals surface area contributed by atoms with Crippen LogP contribution >= 0.6 is 50.7 Å². The van der Waals surface area contributed by atoms with Crippen LogP contribution < -0.4 is 5.32 Å². The Hall–Kier alpha value is -0.350. The van der Waals surface area contributed by atoms with E-state index in [2.05, 4.69) is 21.2 Å². The van der Waals surface area contributed by atoms with Gasteiger partial charge in [0.15, 0.2) is 4.67 Å². The SMILES string of the molecule is Clc1cc(Cl)c(NCc2ccc(Br)o2)c(Cl)c1. The first-order valence-corrected chi connectivity index (χ1v) is 6.61. The summed E-state index contributed by atoms with van der Waals surface area (Å²) in [6.07, 6.45) is 0. The molecule has 0 aliphatic carbocycles. The van der Waals surface area contributed by atoms with Crippen molar-refractivity contribution >= 4 is 56.4 Å². The van der Waals surface area contributed by atoms with Gasteiger partial charge < -0.3 is 9.73 Å². The highest BCUT2D eigenvalue weighted by molar-refractivity contribution is 9.10. The molecule has 0 saturated heterocycles. The van der Waals surface area contributed by atoms with Gasteiger partial charge in [0.05, 0.1) is 22.3 Å². The van der Waals surface area contributed by atoms with Crippen molar-refractivity contribution in [2.24, 2.45) is 0 Å². The molecule has 0 atom stereocenters. The first-order chi connectivity index (χ1) is 8.06. The Bertz CT molecular complexity index is 518. The van der Waals surface area contributed by atoms with E-state index in [9.17, 15) is 0 Å². The zero-order chi connectivity index (χ0) is 12.4. The van der Waals surface area contributed by atoms with Crippen LogP contribution in [0.1, 0.15) is 5.76 Å². The number of nitrogens with one attached hydrogen (secondary N) is 1. The molecule has 0 fully saturated rings. The van der Waals surface area contributed by atoms with Crippen LogP contribution in [-0.4, -0.2) is 0 Å². The van der Waals surface area contributed by atoms with Crippen LogP contribution in [0.15, 0.2) is 33.4 Å². The van der Waals surface area contributed by atoms with Crippen LogP contribution in [-0.2, 0) is 6.54 Å². The van der Waals surface area contributed by atoms with Gasteiger partial charge in [-0.3, -0.25) is 0 Å². The minimum absolute atomic E-state index is 0.480. The fraction of sp³-hybridized carbons (Fsp3) is 0.0909. The maximum absolute atomic E-state index is 6.03. The molecule has 0 aliphatic rings. The van der Waals surface area contributed by atoms with Gasteiger partial charge in [0.25, 0.3) is 0 Å². The Balaban J connectivity index is 2.14. The molecule has 0 saturated carbocycles. The zero-order valence-electron chi connectivity index (χ0n) is 8.44. The summed E-state index contributed by atoms with van der Waals surface area (Å²) in [6, 6.07) is 6.95. The number of furan rings is 1. The van der Waals surface area contributed by atoms with Gasteiger partial charge in [0, 0.05) is 5.02 Å². The first kappa shape index (κ1) is 13.1. The largest absolute Gasteiger partial charge is 0.452 e. The lowest BCUT2D eigenvalue weighted by molar-refractivity contribution is 0.495. The molecule has 0 radical (unpaired) electrons. The molecule has 1 aromatic heterocycles. The molecule has 6 heteroatoms. The zero-order valence-corrected chi connectivity index (χ0v) is 12.3. The van der Waals surface area contributed by atoms with Crippen LogP contribution in [0.4, 0.5) is 5.69 Å². The van der Waals surface area contributed by atoms with Crippen LogP contribution in [0.3, 0.4) is 0 Å². The molecule has 17 heavy (non-hydrogen) atoms. The van der Waals surface area contributed by atoms with E-state index in [0.717, 1.165) is 5.76 Å². The minimum atomic E-state index is 0.480. The molecule has 1 heterocycles. The number of hydrogen-bond acceptors (Lipinski definition) is 2. The topological polar surface area (TPSA) is 25.2 Å². The summed E-state index contributed by atoms with van der Waals surface area (Å²) in [7, 11) is 0. The first-order valence-electron chi connectivity index (χ1n) is 4.69. The van der Waals surface area contributed by atoms with Crippen molar-refractivity contribution in [1.29, 1.82) is 0 Å². The maximum Gasteiger partial charge on any atom is 0.169 e. The molecule has 0 bridgehead atoms. The molecule has 1 aromatic carbocycles.